The molecular formula is C36H57FN6O6. The smallest absolute Gasteiger partial charge is 0.407 e. The lowest BCUT2D eigenvalue weighted by Gasteiger charge is -2.62. The number of hydrogen-bond donors (Lipinski definition) is 3. The van der Waals surface area contributed by atoms with Crippen molar-refractivity contribution in [1.82, 2.24) is 25.3 Å². The number of ether oxygens (including phenoxy) is 3. The number of fused-ring (bicyclic) bond motifs is 3. The first-order valence-electron chi connectivity index (χ1n) is 18.9. The molecule has 2 amide bonds. The summed E-state index contributed by atoms with van der Waals surface area (Å²) in [5.41, 5.74) is 6.14. The highest BCUT2D eigenvalue weighted by Gasteiger charge is 2.62. The zero-order valence-corrected chi connectivity index (χ0v) is 29.5. The van der Waals surface area contributed by atoms with Crippen LogP contribution in [-0.2, 0) is 23.8 Å². The fraction of sp³-hybridized carbons (Fsp3) is 0.861. The Kier molecular flexibility index (Phi) is 10.3. The van der Waals surface area contributed by atoms with E-state index in [1.807, 2.05) is 0 Å². The Balaban J connectivity index is 1.11. The third-order valence-electron chi connectivity index (χ3n) is 12.2. The molecule has 0 radical (unpaired) electrons. The van der Waals surface area contributed by atoms with Gasteiger partial charge in [-0.1, -0.05) is 25.7 Å². The van der Waals surface area contributed by atoms with Crippen LogP contribution in [0.5, 0.6) is 0 Å². The average Bonchev–Trinajstić information content (AvgIpc) is 3.53. The van der Waals surface area contributed by atoms with E-state index in [9.17, 15) is 14.4 Å². The van der Waals surface area contributed by atoms with E-state index in [-0.39, 0.29) is 36.2 Å². The van der Waals surface area contributed by atoms with Gasteiger partial charge in [0.25, 0.3) is 5.91 Å². The first kappa shape index (κ1) is 35.1. The van der Waals surface area contributed by atoms with Crippen LogP contribution in [0.4, 0.5) is 9.18 Å². The summed E-state index contributed by atoms with van der Waals surface area (Å²) in [6.07, 6.45) is 7.20. The number of alkyl carbamates (subject to hydrolysis) is 1. The summed E-state index contributed by atoms with van der Waals surface area (Å²) < 4.78 is 34.4. The zero-order chi connectivity index (χ0) is 34.4. The Morgan fingerprint density at radius 1 is 1.08 bits per heavy atom. The van der Waals surface area contributed by atoms with Crippen LogP contribution in [0.1, 0.15) is 72.1 Å². The number of carbonyl (C=O) groups excluding carboxylic acids is 3. The Morgan fingerprint density at radius 2 is 1.82 bits per heavy atom. The van der Waals surface area contributed by atoms with Crippen LogP contribution >= 0.6 is 0 Å². The van der Waals surface area contributed by atoms with Crippen molar-refractivity contribution in [2.45, 2.75) is 126 Å². The number of carbonyl (C=O) groups is 3. The summed E-state index contributed by atoms with van der Waals surface area (Å²) in [5, 5.41) is 6.36. The molecule has 49 heavy (non-hydrogen) atoms. The zero-order valence-electron chi connectivity index (χ0n) is 29.5. The summed E-state index contributed by atoms with van der Waals surface area (Å²) in [7, 11) is 0. The van der Waals surface area contributed by atoms with Gasteiger partial charge in [0.1, 0.15) is 11.8 Å². The fourth-order valence-electron chi connectivity index (χ4n) is 9.89. The third-order valence-corrected chi connectivity index (χ3v) is 12.2. The summed E-state index contributed by atoms with van der Waals surface area (Å²) in [6, 6.07) is -2.44. The lowest BCUT2D eigenvalue weighted by molar-refractivity contribution is -0.211. The van der Waals surface area contributed by atoms with E-state index in [4.69, 9.17) is 19.9 Å². The topological polar surface area (TPSA) is 139 Å². The normalized spacial score (nSPS) is 39.4. The lowest BCUT2D eigenvalue weighted by Crippen LogP contribution is -2.77. The second-order valence-electron chi connectivity index (χ2n) is 16.5. The second kappa shape index (κ2) is 14.4. The van der Waals surface area contributed by atoms with E-state index in [1.54, 1.807) is 31.9 Å². The number of nitrogens with zero attached hydrogens (tertiary/aromatic N) is 3. The number of alkyl halides is 1. The molecule has 12 nitrogen and oxygen atoms in total. The quantitative estimate of drug-likeness (QED) is 0.269. The van der Waals surface area contributed by atoms with Crippen LogP contribution in [0, 0.1) is 17.8 Å². The van der Waals surface area contributed by atoms with Gasteiger partial charge in [0, 0.05) is 38.4 Å². The highest BCUT2D eigenvalue weighted by Crippen LogP contribution is 2.50. The SMILES string of the molecule is CC(C)(C)OC(=O)NC1CCN(C(=O)C2=CN3C4CC5CCCCC5CC4OC4C(NCCCN5CCOCC5)C(F)C(N)C(C2=O)C43)C1. The number of halogens is 1. The van der Waals surface area contributed by atoms with Crippen LogP contribution in [0.25, 0.3) is 0 Å². The molecule has 0 aromatic rings. The van der Waals surface area contributed by atoms with Gasteiger partial charge in [0.15, 0.2) is 5.78 Å². The van der Waals surface area contributed by atoms with E-state index < -0.39 is 53.8 Å². The molecule has 0 aromatic heterocycles. The van der Waals surface area contributed by atoms with E-state index >= 15 is 4.39 Å². The highest BCUT2D eigenvalue weighted by atomic mass is 19.1. The minimum atomic E-state index is -1.51. The highest BCUT2D eigenvalue weighted by molar-refractivity contribution is 6.21. The fourth-order valence-corrected chi connectivity index (χ4v) is 9.89. The maximum Gasteiger partial charge on any atom is 0.407 e. The van der Waals surface area contributed by atoms with Gasteiger partial charge >= 0.3 is 6.09 Å². The molecule has 6 fully saturated rings. The number of hydrogen-bond acceptors (Lipinski definition) is 10. The van der Waals surface area contributed by atoms with Gasteiger partial charge < -0.3 is 40.4 Å². The number of morpholine rings is 2. The molecule has 4 aliphatic heterocycles. The van der Waals surface area contributed by atoms with Crippen molar-refractivity contribution in [3.8, 4) is 0 Å². The Morgan fingerprint density at radius 3 is 2.55 bits per heavy atom. The van der Waals surface area contributed by atoms with Crippen LogP contribution < -0.4 is 16.4 Å². The van der Waals surface area contributed by atoms with E-state index in [0.29, 0.717) is 31.3 Å². The Bertz CT molecular complexity index is 1270. The number of rotatable bonds is 7. The van der Waals surface area contributed by atoms with Crippen LogP contribution in [0.15, 0.2) is 11.8 Å². The van der Waals surface area contributed by atoms with Gasteiger partial charge in [-0.05, 0) is 71.4 Å². The van der Waals surface area contributed by atoms with Crippen molar-refractivity contribution >= 4 is 17.8 Å². The molecule has 3 aliphatic carbocycles. The summed E-state index contributed by atoms with van der Waals surface area (Å²) in [4.78, 5) is 47.1. The standard InChI is InChI=1S/C36H57FN6O6/c1-36(2,3)49-35(46)40-23-9-12-42(19-23)34(45)24-20-43-25-17-21-7-4-5-8-22(21)18-26(25)48-33-30(28(37)29(38)27(31(33)43)32(24)44)39-10-6-11-41-13-15-47-16-14-41/h20-23,25-31,33,39H,4-19,38H2,1-3H3,(H,40,46). The molecule has 4 heterocycles. The van der Waals surface area contributed by atoms with E-state index in [1.165, 1.54) is 25.7 Å². The monoisotopic (exact) mass is 688 g/mol. The van der Waals surface area contributed by atoms with Crippen molar-refractivity contribution in [2.24, 2.45) is 23.5 Å². The van der Waals surface area contributed by atoms with Crippen LogP contribution in [-0.4, -0.2) is 139 Å². The maximum atomic E-state index is 16.5. The largest absolute Gasteiger partial charge is 0.444 e. The number of ketones is 1. The lowest BCUT2D eigenvalue weighted by atomic mass is 9.64. The number of likely N-dealkylation sites (tertiary alicyclic amines) is 1. The number of Topliss-reactive ketones (excluding diaryl/α,β-unsaturated/α-hetero) is 1. The molecule has 3 saturated heterocycles. The molecular weight excluding hydrogens is 631 g/mol. The van der Waals surface area contributed by atoms with Gasteiger partial charge in [0.05, 0.1) is 61.1 Å². The summed E-state index contributed by atoms with van der Waals surface area (Å²) in [6.45, 7) is 10.9. The molecule has 0 spiro atoms. The van der Waals surface area contributed by atoms with Gasteiger partial charge in [0.2, 0.25) is 0 Å². The molecule has 3 saturated carbocycles. The van der Waals surface area contributed by atoms with Gasteiger partial charge in [-0.3, -0.25) is 14.5 Å². The van der Waals surface area contributed by atoms with Crippen molar-refractivity contribution in [3.63, 3.8) is 0 Å². The summed E-state index contributed by atoms with van der Waals surface area (Å²) in [5.74, 6) is -0.496. The molecule has 13 heteroatoms. The molecule has 4 N–H and O–H groups in total. The maximum absolute atomic E-state index is 16.5. The first-order chi connectivity index (χ1) is 23.5. The number of nitrogens with one attached hydrogen (secondary N) is 2. The Hall–Kier alpha value is -2.32. The molecule has 274 valence electrons. The predicted octanol–water partition coefficient (Wildman–Crippen LogP) is 1.96. The number of amides is 2. The van der Waals surface area contributed by atoms with Gasteiger partial charge in [-0.25, -0.2) is 9.18 Å². The minimum Gasteiger partial charge on any atom is -0.444 e. The van der Waals surface area contributed by atoms with Crippen molar-refractivity contribution in [3.05, 3.63) is 11.8 Å². The molecule has 0 aromatic carbocycles. The third kappa shape index (κ3) is 7.24. The van der Waals surface area contributed by atoms with E-state index in [2.05, 4.69) is 20.4 Å². The number of nitrogens with two attached hydrogens (primary N) is 1. The second-order valence-corrected chi connectivity index (χ2v) is 16.5. The van der Waals surface area contributed by atoms with Gasteiger partial charge in [-0.15, -0.1) is 0 Å². The van der Waals surface area contributed by atoms with Crippen molar-refractivity contribution < 1.29 is 33.0 Å². The summed E-state index contributed by atoms with van der Waals surface area (Å²) >= 11 is 0. The molecule has 11 atom stereocenters. The minimum absolute atomic E-state index is 0.00416. The van der Waals surface area contributed by atoms with Crippen LogP contribution in [0.3, 0.4) is 0 Å². The molecule has 7 rings (SSSR count). The molecule has 11 unspecified atom stereocenters. The van der Waals surface area contributed by atoms with Crippen molar-refractivity contribution in [2.75, 3.05) is 52.5 Å². The van der Waals surface area contributed by atoms with Gasteiger partial charge in [-0.2, -0.15) is 0 Å². The molecule has 0 bridgehead atoms. The van der Waals surface area contributed by atoms with Crippen LogP contribution in [0.2, 0.25) is 0 Å². The van der Waals surface area contributed by atoms with Crippen molar-refractivity contribution in [1.29, 1.82) is 0 Å². The molecule has 7 aliphatic rings. The van der Waals surface area contributed by atoms with E-state index in [0.717, 1.165) is 52.1 Å². The first-order valence-corrected chi connectivity index (χ1v) is 18.9. The average molecular weight is 689 g/mol. The Labute approximate surface area is 289 Å². The predicted molar refractivity (Wildman–Crippen MR) is 180 cm³/mol.